The van der Waals surface area contributed by atoms with E-state index in [-0.39, 0.29) is 73.2 Å². The summed E-state index contributed by atoms with van der Waals surface area (Å²) in [6.07, 6.45) is 8.78. The minimum Gasteiger partial charge on any atom is -0.481 e. The second kappa shape index (κ2) is 28.9. The SMILES string of the molecule is C=CCC1=CC(C)C[C@H](C)C[C@H](OC)[C@H]2O[C@@](O)(C(=O)C(=O)N3CCCC[C@H]3C(=O)O[C@H](C(C)=C[C@@H]3CC[C@@H](OC(=O)CCCCCCC(=O)O)[C@H](OC)C3)[C@H](C)[C@@H](O[Si](C)(C)C(C)(C)C)CC1=O)[C@H](C)C[C@@H]2OC. The number of aliphatic hydroxyl groups is 1. The van der Waals surface area contributed by atoms with Gasteiger partial charge >= 0.3 is 17.9 Å². The van der Waals surface area contributed by atoms with Crippen LogP contribution >= 0.6 is 0 Å². The highest BCUT2D eigenvalue weighted by atomic mass is 28.4. The summed E-state index contributed by atoms with van der Waals surface area (Å²) in [6.45, 7) is 24.4. The molecule has 4 aliphatic rings. The van der Waals surface area contributed by atoms with Crippen LogP contribution in [-0.4, -0.2) is 141 Å². The van der Waals surface area contributed by atoms with Gasteiger partial charge in [0.1, 0.15) is 24.4 Å². The van der Waals surface area contributed by atoms with Crippen molar-refractivity contribution in [2.75, 3.05) is 27.9 Å². The Bertz CT molecular complexity index is 2010. The van der Waals surface area contributed by atoms with Crippen LogP contribution in [0.25, 0.3) is 0 Å². The van der Waals surface area contributed by atoms with E-state index in [1.54, 1.807) is 27.2 Å². The molecule has 426 valence electrons. The molecule has 75 heavy (non-hydrogen) atoms. The lowest BCUT2D eigenvalue weighted by Crippen LogP contribution is -2.64. The molecule has 0 aromatic carbocycles. The number of allylic oxidation sites excluding steroid dienone is 4. The number of rotatable bonds is 17. The molecule has 3 heterocycles. The monoisotopic (exact) mass is 1070 g/mol. The molecule has 1 unspecified atom stereocenters. The van der Waals surface area contributed by atoms with Crippen molar-refractivity contribution in [3.63, 3.8) is 0 Å². The van der Waals surface area contributed by atoms with Crippen molar-refractivity contribution in [1.29, 1.82) is 0 Å². The molecule has 2 N–H and O–H groups in total. The lowest BCUT2D eigenvalue weighted by atomic mass is 9.81. The van der Waals surface area contributed by atoms with Gasteiger partial charge in [0.25, 0.3) is 11.7 Å². The maximum Gasteiger partial charge on any atom is 0.329 e. The average Bonchev–Trinajstić information content (AvgIpc) is 3.35. The number of nitrogens with zero attached hydrogens (tertiary/aromatic N) is 1. The van der Waals surface area contributed by atoms with Crippen LogP contribution < -0.4 is 0 Å². The Morgan fingerprint density at radius 3 is 2.11 bits per heavy atom. The van der Waals surface area contributed by atoms with Crippen molar-refractivity contribution >= 4 is 43.7 Å². The average molecular weight is 1070 g/mol. The van der Waals surface area contributed by atoms with E-state index >= 15 is 4.79 Å². The number of hydrogen-bond acceptors (Lipinski definition) is 14. The normalized spacial score (nSPS) is 33.6. The number of fused-ring (bicyclic) bond motifs is 3. The number of carbonyl (C=O) groups excluding carboxylic acids is 5. The third kappa shape index (κ3) is 17.5. The van der Waals surface area contributed by atoms with E-state index in [1.807, 2.05) is 19.9 Å². The second-order valence-electron chi connectivity index (χ2n) is 23.9. The number of unbranched alkanes of at least 4 members (excludes halogenated alkanes) is 3. The van der Waals surface area contributed by atoms with Crippen molar-refractivity contribution in [1.82, 2.24) is 4.90 Å². The Morgan fingerprint density at radius 2 is 1.49 bits per heavy atom. The fourth-order valence-corrected chi connectivity index (χ4v) is 12.8. The van der Waals surface area contributed by atoms with Gasteiger partial charge in [-0.3, -0.25) is 24.0 Å². The fourth-order valence-electron chi connectivity index (χ4n) is 11.4. The van der Waals surface area contributed by atoms with Gasteiger partial charge in [-0.05, 0) is 131 Å². The molecule has 1 amide bonds. The van der Waals surface area contributed by atoms with Gasteiger partial charge in [0, 0.05) is 59.0 Å². The third-order valence-electron chi connectivity index (χ3n) is 16.9. The van der Waals surface area contributed by atoms with Gasteiger partial charge in [-0.25, -0.2) is 4.79 Å². The van der Waals surface area contributed by atoms with E-state index in [1.165, 1.54) is 12.0 Å². The first-order valence-corrected chi connectivity index (χ1v) is 30.8. The number of cyclic esters (lactones) is 1. The molecule has 17 heteroatoms. The Hall–Kier alpha value is -3.58. The maximum atomic E-state index is 15.0. The van der Waals surface area contributed by atoms with Gasteiger partial charge in [-0.1, -0.05) is 79.5 Å². The van der Waals surface area contributed by atoms with Crippen LogP contribution in [0.15, 0.2) is 36.0 Å². The molecule has 0 aromatic heterocycles. The van der Waals surface area contributed by atoms with E-state index in [0.717, 1.165) is 12.8 Å². The van der Waals surface area contributed by atoms with Crippen LogP contribution in [0, 0.1) is 29.6 Å². The van der Waals surface area contributed by atoms with Crippen LogP contribution in [0.3, 0.4) is 0 Å². The number of hydrogen-bond donors (Lipinski definition) is 2. The molecule has 4 rings (SSSR count). The molecule has 0 radical (unpaired) electrons. The lowest BCUT2D eigenvalue weighted by Gasteiger charge is -2.47. The number of methoxy groups -OCH3 is 3. The number of carboxylic acid groups (broad SMARTS) is 1. The highest BCUT2D eigenvalue weighted by molar-refractivity contribution is 6.74. The minimum absolute atomic E-state index is 0.00396. The summed E-state index contributed by atoms with van der Waals surface area (Å²) >= 11 is 0. The Balaban J connectivity index is 1.80. The van der Waals surface area contributed by atoms with Gasteiger partial charge in [0.2, 0.25) is 5.79 Å². The first-order chi connectivity index (χ1) is 35.2. The largest absolute Gasteiger partial charge is 0.481 e. The number of aliphatic carboxylic acids is 1. The maximum absolute atomic E-state index is 15.0. The third-order valence-corrected chi connectivity index (χ3v) is 21.4. The molecule has 1 saturated carbocycles. The Kier molecular flexibility index (Phi) is 24.6. The predicted octanol–water partition coefficient (Wildman–Crippen LogP) is 9.64. The highest BCUT2D eigenvalue weighted by Gasteiger charge is 2.57. The number of Topliss-reactive ketones (excluding diaryl/α,β-unsaturated/α-hetero) is 2. The van der Waals surface area contributed by atoms with Gasteiger partial charge < -0.3 is 48.0 Å². The summed E-state index contributed by atoms with van der Waals surface area (Å²) in [5.41, 5.74) is 1.32. The Labute approximate surface area is 449 Å². The smallest absolute Gasteiger partial charge is 0.329 e. The van der Waals surface area contributed by atoms with Crippen molar-refractivity contribution in [2.45, 2.75) is 237 Å². The first-order valence-electron chi connectivity index (χ1n) is 27.9. The molecular formula is C58H95NO15Si. The molecule has 16 nitrogen and oxygen atoms in total. The summed E-state index contributed by atoms with van der Waals surface area (Å²) in [4.78, 5) is 84.2. The molecule has 3 fully saturated rings. The number of carboxylic acids is 1. The number of carbonyl (C=O) groups is 6. The summed E-state index contributed by atoms with van der Waals surface area (Å²) < 4.78 is 44.1. The molecule has 2 bridgehead atoms. The number of piperidine rings is 1. The van der Waals surface area contributed by atoms with Crippen molar-refractivity contribution in [2.24, 2.45) is 29.6 Å². The van der Waals surface area contributed by atoms with Crippen molar-refractivity contribution < 1.29 is 71.8 Å². The second-order valence-corrected chi connectivity index (χ2v) is 28.7. The van der Waals surface area contributed by atoms with E-state index < -0.39 is 98.3 Å². The van der Waals surface area contributed by atoms with Gasteiger partial charge in [0.15, 0.2) is 14.1 Å². The zero-order valence-electron chi connectivity index (χ0n) is 47.8. The highest BCUT2D eigenvalue weighted by Crippen LogP contribution is 2.42. The zero-order chi connectivity index (χ0) is 56.0. The van der Waals surface area contributed by atoms with E-state index in [4.69, 9.17) is 38.0 Å². The quantitative estimate of drug-likeness (QED) is 0.0457. The van der Waals surface area contributed by atoms with Crippen LogP contribution in [0.5, 0.6) is 0 Å². The van der Waals surface area contributed by atoms with Crippen LogP contribution in [0.2, 0.25) is 18.1 Å². The first kappa shape index (κ1) is 63.9. The van der Waals surface area contributed by atoms with Gasteiger partial charge in [0.05, 0.1) is 24.4 Å². The van der Waals surface area contributed by atoms with Crippen molar-refractivity contribution in [3.05, 3.63) is 36.0 Å². The van der Waals surface area contributed by atoms with Gasteiger partial charge in [-0.15, -0.1) is 6.58 Å². The standard InChI is InChI=1S/C58H95NO15Si/c1-15-22-42-30-36(2)29-37(3)31-48(69-11)53-49(70-12)33-39(5)58(67,73-53)54(64)55(65)59-28-21-20-23-43(59)56(66)72-52(40(6)46(35-44(42)60)74-75(13,14)57(7,8)9)38(4)32-41-26-27-45(47(34-41)68-10)71-51(63)25-19-17-16-18-24-50(61)62/h15,30,32,36-37,39-41,43,45-49,52-53,67H,1,16-29,31,33-35H2,2-14H3,(H,61,62)/t36?,37-,39+,40+,41-,43-,45+,46-,47+,48-,49-,52+,53+,58+/m0/s1. The summed E-state index contributed by atoms with van der Waals surface area (Å²) in [6, 6.07) is -1.16. The summed E-state index contributed by atoms with van der Waals surface area (Å²) in [5, 5.41) is 21.0. The summed E-state index contributed by atoms with van der Waals surface area (Å²) in [7, 11) is 2.06. The number of esters is 2. The van der Waals surface area contributed by atoms with E-state index in [2.05, 4.69) is 60.4 Å². The lowest BCUT2D eigenvalue weighted by molar-refractivity contribution is -0.302. The van der Waals surface area contributed by atoms with E-state index in [0.29, 0.717) is 75.4 Å². The molecule has 0 spiro atoms. The number of ether oxygens (including phenoxy) is 6. The molecule has 1 aliphatic carbocycles. The molecular weight excluding hydrogens is 979 g/mol. The van der Waals surface area contributed by atoms with Crippen LogP contribution in [0.4, 0.5) is 0 Å². The number of ketones is 2. The molecule has 3 aliphatic heterocycles. The van der Waals surface area contributed by atoms with Crippen LogP contribution in [0.1, 0.15) is 165 Å². The predicted molar refractivity (Wildman–Crippen MR) is 288 cm³/mol. The minimum atomic E-state index is -2.62. The fraction of sp³-hybridized carbons (Fsp3) is 0.793. The number of amides is 1. The van der Waals surface area contributed by atoms with Crippen LogP contribution in [-0.2, 0) is 61.6 Å². The topological polar surface area (TPSA) is 211 Å². The van der Waals surface area contributed by atoms with Gasteiger partial charge in [-0.2, -0.15) is 0 Å². The zero-order valence-corrected chi connectivity index (χ0v) is 48.8. The molecule has 0 aromatic rings. The molecule has 14 atom stereocenters. The molecule has 2 saturated heterocycles. The Morgan fingerprint density at radius 1 is 0.853 bits per heavy atom. The van der Waals surface area contributed by atoms with Crippen molar-refractivity contribution in [3.8, 4) is 0 Å². The van der Waals surface area contributed by atoms with E-state index in [9.17, 15) is 29.1 Å². The summed E-state index contributed by atoms with van der Waals surface area (Å²) in [5.74, 6) is -8.27.